The van der Waals surface area contributed by atoms with E-state index in [9.17, 15) is 10.2 Å². The smallest absolute Gasteiger partial charge is 0.112 e. The number of imidazole rings is 1. The maximum Gasteiger partial charge on any atom is 0.112 e. The first-order valence-electron chi connectivity index (χ1n) is 7.71. The van der Waals surface area contributed by atoms with Crippen molar-refractivity contribution in [2.45, 2.75) is 25.2 Å². The number of nitrogens with one attached hydrogen (secondary N) is 1. The van der Waals surface area contributed by atoms with E-state index in [1.165, 1.54) is 0 Å². The van der Waals surface area contributed by atoms with Gasteiger partial charge in [0.2, 0.25) is 0 Å². The largest absolute Gasteiger partial charge is 0.388 e. The van der Waals surface area contributed by atoms with Crippen LogP contribution in [0.4, 0.5) is 5.69 Å². The molecule has 3 atom stereocenters. The molecule has 0 bridgehead atoms. The zero-order valence-electron chi connectivity index (χ0n) is 13.1. The van der Waals surface area contributed by atoms with Crippen LogP contribution in [0.25, 0.3) is 11.0 Å². The van der Waals surface area contributed by atoms with E-state index in [4.69, 9.17) is 0 Å². The molecule has 4 rings (SSSR count). The fraction of sp³-hybridized carbons (Fsp3) is 0.278. The zero-order chi connectivity index (χ0) is 16.1. The Morgan fingerprint density at radius 1 is 1.09 bits per heavy atom. The summed E-state index contributed by atoms with van der Waals surface area (Å²) in [6.45, 7) is 1.95. The van der Waals surface area contributed by atoms with E-state index in [2.05, 4.69) is 10.3 Å². The van der Waals surface area contributed by atoms with Gasteiger partial charge >= 0.3 is 0 Å². The lowest BCUT2D eigenvalue weighted by molar-refractivity contribution is 0.00207. The number of nitrogens with zero attached hydrogens (tertiary/aromatic N) is 2. The van der Waals surface area contributed by atoms with Gasteiger partial charge in [-0.15, -0.1) is 0 Å². The molecule has 23 heavy (non-hydrogen) atoms. The molecule has 1 aliphatic heterocycles. The normalized spacial score (nSPS) is 23.6. The van der Waals surface area contributed by atoms with E-state index < -0.39 is 12.2 Å². The number of hydrogen-bond donors (Lipinski definition) is 3. The predicted molar refractivity (Wildman–Crippen MR) is 89.2 cm³/mol. The van der Waals surface area contributed by atoms with Gasteiger partial charge in [0.15, 0.2) is 0 Å². The molecule has 1 aromatic heterocycles. The Morgan fingerprint density at radius 3 is 2.57 bits per heavy atom. The number of aryl methyl sites for hydroxylation is 2. The molecule has 0 saturated carbocycles. The third-order valence-electron chi connectivity index (χ3n) is 4.75. The Balaban J connectivity index is 1.90. The van der Waals surface area contributed by atoms with Crippen LogP contribution in [0, 0.1) is 6.92 Å². The van der Waals surface area contributed by atoms with Gasteiger partial charge in [-0.2, -0.15) is 0 Å². The van der Waals surface area contributed by atoms with Crippen molar-refractivity contribution in [3.63, 3.8) is 0 Å². The SMILES string of the molecule is Cc1nc2c3c(ccc2n1C)C(O)C(O)C(c1ccccc1)N3. The highest BCUT2D eigenvalue weighted by Gasteiger charge is 2.36. The van der Waals surface area contributed by atoms with Crippen LogP contribution in [0.5, 0.6) is 0 Å². The topological polar surface area (TPSA) is 70.3 Å². The number of fused-ring (bicyclic) bond motifs is 3. The molecule has 0 saturated heterocycles. The summed E-state index contributed by atoms with van der Waals surface area (Å²) in [4.78, 5) is 4.62. The van der Waals surface area contributed by atoms with Gasteiger partial charge in [-0.25, -0.2) is 4.98 Å². The molecule has 0 spiro atoms. The van der Waals surface area contributed by atoms with E-state index in [0.717, 1.165) is 28.1 Å². The van der Waals surface area contributed by atoms with Crippen LogP contribution < -0.4 is 5.32 Å². The Hall–Kier alpha value is -2.37. The lowest BCUT2D eigenvalue weighted by Gasteiger charge is -2.35. The average molecular weight is 309 g/mol. The highest BCUT2D eigenvalue weighted by Crippen LogP contribution is 2.42. The second kappa shape index (κ2) is 5.08. The van der Waals surface area contributed by atoms with E-state index in [-0.39, 0.29) is 6.04 Å². The average Bonchev–Trinajstić information content (AvgIpc) is 2.86. The highest BCUT2D eigenvalue weighted by atomic mass is 16.3. The minimum absolute atomic E-state index is 0.369. The van der Waals surface area contributed by atoms with Crippen molar-refractivity contribution in [2.24, 2.45) is 7.05 Å². The van der Waals surface area contributed by atoms with E-state index in [1.807, 2.05) is 61.0 Å². The summed E-state index contributed by atoms with van der Waals surface area (Å²) in [6.07, 6.45) is -1.85. The number of benzene rings is 2. The molecule has 3 N–H and O–H groups in total. The number of rotatable bonds is 1. The van der Waals surface area contributed by atoms with Crippen LogP contribution in [0.1, 0.15) is 29.1 Å². The van der Waals surface area contributed by atoms with Gasteiger partial charge in [-0.3, -0.25) is 0 Å². The van der Waals surface area contributed by atoms with Gasteiger partial charge in [-0.1, -0.05) is 36.4 Å². The molecule has 2 aromatic carbocycles. The molecule has 0 radical (unpaired) electrons. The molecule has 5 heteroatoms. The van der Waals surface area contributed by atoms with Gasteiger partial charge in [0.05, 0.1) is 17.2 Å². The fourth-order valence-electron chi connectivity index (χ4n) is 3.34. The Labute approximate surface area is 134 Å². The third kappa shape index (κ3) is 2.04. The number of aromatic nitrogens is 2. The second-order valence-electron chi connectivity index (χ2n) is 6.08. The summed E-state index contributed by atoms with van der Waals surface area (Å²) < 4.78 is 2.02. The van der Waals surface area contributed by atoms with Crippen molar-refractivity contribution in [2.75, 3.05) is 5.32 Å². The maximum absolute atomic E-state index is 10.6. The van der Waals surface area contributed by atoms with Gasteiger partial charge in [-0.05, 0) is 18.6 Å². The minimum atomic E-state index is -0.942. The van der Waals surface area contributed by atoms with Crippen LogP contribution in [-0.4, -0.2) is 25.9 Å². The lowest BCUT2D eigenvalue weighted by atomic mass is 9.88. The van der Waals surface area contributed by atoms with E-state index >= 15 is 0 Å². The van der Waals surface area contributed by atoms with Crippen LogP contribution in [0.15, 0.2) is 42.5 Å². The molecule has 0 aliphatic carbocycles. The van der Waals surface area contributed by atoms with E-state index in [0.29, 0.717) is 5.56 Å². The van der Waals surface area contributed by atoms with Crippen molar-refractivity contribution < 1.29 is 10.2 Å². The monoisotopic (exact) mass is 309 g/mol. The van der Waals surface area contributed by atoms with Crippen molar-refractivity contribution in [3.8, 4) is 0 Å². The molecule has 0 amide bonds. The molecule has 3 aromatic rings. The maximum atomic E-state index is 10.6. The highest BCUT2D eigenvalue weighted by molar-refractivity contribution is 5.92. The summed E-state index contributed by atoms with van der Waals surface area (Å²) in [6, 6.07) is 13.1. The minimum Gasteiger partial charge on any atom is -0.388 e. The first-order chi connectivity index (χ1) is 11.1. The number of anilines is 1. The Bertz CT molecular complexity index is 873. The van der Waals surface area contributed by atoms with E-state index in [1.54, 1.807) is 0 Å². The summed E-state index contributed by atoms with van der Waals surface area (Å²) in [5.41, 5.74) is 4.26. The first-order valence-corrected chi connectivity index (χ1v) is 7.71. The van der Waals surface area contributed by atoms with Gasteiger partial charge in [0, 0.05) is 12.6 Å². The summed E-state index contributed by atoms with van der Waals surface area (Å²) in [7, 11) is 1.97. The molecule has 0 fully saturated rings. The number of aliphatic hydroxyl groups is 2. The van der Waals surface area contributed by atoms with Crippen molar-refractivity contribution >= 4 is 16.7 Å². The quantitative estimate of drug-likeness (QED) is 0.646. The molecule has 3 unspecified atom stereocenters. The third-order valence-corrected chi connectivity index (χ3v) is 4.75. The first kappa shape index (κ1) is 14.2. The number of hydrogen-bond acceptors (Lipinski definition) is 4. The molecular formula is C18H19N3O2. The number of aliphatic hydroxyl groups excluding tert-OH is 2. The van der Waals surface area contributed by atoms with Crippen LogP contribution in [0.3, 0.4) is 0 Å². The summed E-state index contributed by atoms with van der Waals surface area (Å²) >= 11 is 0. The standard InChI is InChI=1S/C18H19N3O2/c1-10-19-16-13(21(10)2)9-8-12-15(16)20-14(18(23)17(12)22)11-6-4-3-5-7-11/h3-9,14,17-18,20,22-23H,1-2H3. The predicted octanol–water partition coefficient (Wildman–Crippen LogP) is 2.44. The van der Waals surface area contributed by atoms with Crippen LogP contribution in [0.2, 0.25) is 0 Å². The van der Waals surface area contributed by atoms with Gasteiger partial charge in [0.25, 0.3) is 0 Å². The Morgan fingerprint density at radius 2 is 1.83 bits per heavy atom. The molecular weight excluding hydrogens is 290 g/mol. The van der Waals surface area contributed by atoms with Crippen molar-refractivity contribution in [3.05, 3.63) is 59.4 Å². The van der Waals surface area contributed by atoms with Crippen molar-refractivity contribution in [1.29, 1.82) is 0 Å². The molecule has 1 aliphatic rings. The Kier molecular flexibility index (Phi) is 3.14. The summed E-state index contributed by atoms with van der Waals surface area (Å²) in [5.74, 6) is 0.909. The second-order valence-corrected chi connectivity index (χ2v) is 6.08. The fourth-order valence-corrected chi connectivity index (χ4v) is 3.34. The lowest BCUT2D eigenvalue weighted by Crippen LogP contribution is -2.36. The van der Waals surface area contributed by atoms with Crippen LogP contribution >= 0.6 is 0 Å². The van der Waals surface area contributed by atoms with Crippen LogP contribution in [-0.2, 0) is 7.05 Å². The molecule has 118 valence electrons. The molecule has 2 heterocycles. The zero-order valence-corrected chi connectivity index (χ0v) is 13.1. The molecule has 5 nitrogen and oxygen atoms in total. The van der Waals surface area contributed by atoms with Gasteiger partial charge < -0.3 is 20.1 Å². The van der Waals surface area contributed by atoms with Crippen molar-refractivity contribution in [1.82, 2.24) is 9.55 Å². The summed E-state index contributed by atoms with van der Waals surface area (Å²) in [5, 5.41) is 24.5. The van der Waals surface area contributed by atoms with Gasteiger partial charge in [0.1, 0.15) is 23.5 Å².